The van der Waals surface area contributed by atoms with Gasteiger partial charge in [-0.2, -0.15) is 0 Å². The van der Waals surface area contributed by atoms with Gasteiger partial charge in [0, 0.05) is 16.7 Å². The van der Waals surface area contributed by atoms with Gasteiger partial charge in [0.15, 0.2) is 0 Å². The zero-order valence-electron chi connectivity index (χ0n) is 14.6. The van der Waals surface area contributed by atoms with Crippen LogP contribution in [-0.4, -0.2) is 17.7 Å². The van der Waals surface area contributed by atoms with Crippen LogP contribution in [0.3, 0.4) is 0 Å². The lowest BCUT2D eigenvalue weighted by molar-refractivity contribution is -0.123. The molecule has 0 spiro atoms. The van der Waals surface area contributed by atoms with Crippen LogP contribution in [0.25, 0.3) is 0 Å². The largest absolute Gasteiger partial charge is 0.366 e. The fourth-order valence-electron chi connectivity index (χ4n) is 2.01. The van der Waals surface area contributed by atoms with Crippen LogP contribution in [0.4, 0.5) is 10.7 Å². The van der Waals surface area contributed by atoms with E-state index in [0.29, 0.717) is 21.1 Å². The summed E-state index contributed by atoms with van der Waals surface area (Å²) in [5.41, 5.74) is 6.29. The first kappa shape index (κ1) is 18.7. The summed E-state index contributed by atoms with van der Waals surface area (Å²) in [5.74, 6) is -0.981. The topological polar surface area (TPSA) is 101 Å². The van der Waals surface area contributed by atoms with Crippen molar-refractivity contribution >= 4 is 39.7 Å². The van der Waals surface area contributed by atoms with Crippen molar-refractivity contribution in [1.82, 2.24) is 0 Å². The molecule has 0 saturated carbocycles. The van der Waals surface area contributed by atoms with Gasteiger partial charge < -0.3 is 16.4 Å². The van der Waals surface area contributed by atoms with Crippen LogP contribution in [0.5, 0.6) is 0 Å². The number of nitrogens with one attached hydrogen (secondary N) is 2. The number of carbonyl (C=O) groups is 3. The quantitative estimate of drug-likeness (QED) is 0.780. The van der Waals surface area contributed by atoms with E-state index in [2.05, 4.69) is 10.6 Å². The molecule has 0 radical (unpaired) electrons. The van der Waals surface area contributed by atoms with Crippen LogP contribution in [0, 0.1) is 12.3 Å². The van der Waals surface area contributed by atoms with Crippen molar-refractivity contribution in [3.8, 4) is 0 Å². The molecule has 2 rings (SSSR count). The first-order chi connectivity index (χ1) is 11.6. The molecule has 0 aliphatic rings. The van der Waals surface area contributed by atoms with Crippen LogP contribution >= 0.6 is 11.3 Å². The van der Waals surface area contributed by atoms with E-state index in [-0.39, 0.29) is 11.8 Å². The van der Waals surface area contributed by atoms with Gasteiger partial charge in [-0.05, 0) is 36.8 Å². The molecule has 1 aromatic heterocycles. The van der Waals surface area contributed by atoms with Gasteiger partial charge in [0.05, 0.1) is 9.88 Å². The van der Waals surface area contributed by atoms with Crippen molar-refractivity contribution in [2.45, 2.75) is 27.7 Å². The smallest absolute Gasteiger partial charge is 0.266 e. The van der Waals surface area contributed by atoms with E-state index in [0.717, 1.165) is 5.56 Å². The number of anilines is 2. The number of amides is 3. The Labute approximate surface area is 150 Å². The molecule has 7 heteroatoms. The van der Waals surface area contributed by atoms with Gasteiger partial charge in [0.2, 0.25) is 11.8 Å². The molecule has 1 aromatic carbocycles. The number of primary amides is 1. The second-order valence-electron chi connectivity index (χ2n) is 6.73. The second-order valence-corrected chi connectivity index (χ2v) is 7.78. The highest BCUT2D eigenvalue weighted by Crippen LogP contribution is 2.29. The number of thiophene rings is 1. The van der Waals surface area contributed by atoms with E-state index in [1.165, 1.54) is 17.4 Å². The lowest BCUT2D eigenvalue weighted by Gasteiger charge is -2.16. The molecule has 0 bridgehead atoms. The highest BCUT2D eigenvalue weighted by Gasteiger charge is 2.23. The molecule has 3 amide bonds. The maximum Gasteiger partial charge on any atom is 0.266 e. The highest BCUT2D eigenvalue weighted by atomic mass is 32.1. The van der Waals surface area contributed by atoms with Crippen LogP contribution < -0.4 is 16.4 Å². The van der Waals surface area contributed by atoms with Crippen LogP contribution in [0.2, 0.25) is 0 Å². The molecule has 0 unspecified atom stereocenters. The molecule has 1 heterocycles. The lowest BCUT2D eigenvalue weighted by Crippen LogP contribution is -2.27. The molecule has 0 aliphatic carbocycles. The summed E-state index contributed by atoms with van der Waals surface area (Å²) in [6.07, 6.45) is 0. The van der Waals surface area contributed by atoms with E-state index in [1.54, 1.807) is 31.2 Å². The van der Waals surface area contributed by atoms with Gasteiger partial charge >= 0.3 is 0 Å². The SMILES string of the molecule is Cc1cc(NC(=O)C(C)(C)C)sc1C(=O)Nc1cccc(C(N)=O)c1. The van der Waals surface area contributed by atoms with Crippen molar-refractivity contribution in [2.24, 2.45) is 11.1 Å². The maximum atomic E-state index is 12.5. The summed E-state index contributed by atoms with van der Waals surface area (Å²) in [7, 11) is 0. The first-order valence-electron chi connectivity index (χ1n) is 7.71. The molecule has 25 heavy (non-hydrogen) atoms. The number of hydrogen-bond donors (Lipinski definition) is 3. The Bertz CT molecular complexity index is 834. The van der Waals surface area contributed by atoms with Crippen LogP contribution in [0.15, 0.2) is 30.3 Å². The number of rotatable bonds is 4. The summed E-state index contributed by atoms with van der Waals surface area (Å²) in [4.78, 5) is 36.3. The van der Waals surface area contributed by atoms with E-state index in [1.807, 2.05) is 20.8 Å². The second kappa shape index (κ2) is 7.06. The van der Waals surface area contributed by atoms with E-state index < -0.39 is 11.3 Å². The summed E-state index contributed by atoms with van der Waals surface area (Å²) >= 11 is 1.21. The minimum atomic E-state index is -0.560. The fraction of sp³-hybridized carbons (Fsp3) is 0.278. The number of hydrogen-bond acceptors (Lipinski definition) is 4. The van der Waals surface area contributed by atoms with Crippen molar-refractivity contribution in [1.29, 1.82) is 0 Å². The predicted octanol–water partition coefficient (Wildman–Crippen LogP) is 3.39. The third-order valence-electron chi connectivity index (χ3n) is 3.45. The van der Waals surface area contributed by atoms with Gasteiger partial charge in [-0.25, -0.2) is 0 Å². The summed E-state index contributed by atoms with van der Waals surface area (Å²) < 4.78 is 0. The molecule has 0 atom stereocenters. The number of nitrogens with two attached hydrogens (primary N) is 1. The van der Waals surface area contributed by atoms with Crippen molar-refractivity contribution in [3.05, 3.63) is 46.3 Å². The van der Waals surface area contributed by atoms with E-state index in [9.17, 15) is 14.4 Å². The average molecular weight is 359 g/mol. The molecule has 0 fully saturated rings. The molecule has 4 N–H and O–H groups in total. The molecule has 6 nitrogen and oxygen atoms in total. The Kier molecular flexibility index (Phi) is 5.27. The van der Waals surface area contributed by atoms with E-state index in [4.69, 9.17) is 5.73 Å². The molecule has 0 aliphatic heterocycles. The minimum Gasteiger partial charge on any atom is -0.366 e. The van der Waals surface area contributed by atoms with Gasteiger partial charge in [0.1, 0.15) is 0 Å². The Morgan fingerprint density at radius 2 is 1.76 bits per heavy atom. The molecule has 2 aromatic rings. The van der Waals surface area contributed by atoms with Crippen molar-refractivity contribution < 1.29 is 14.4 Å². The third kappa shape index (κ3) is 4.67. The Hall–Kier alpha value is -2.67. The normalized spacial score (nSPS) is 11.0. The maximum absolute atomic E-state index is 12.5. The Balaban J connectivity index is 2.16. The Morgan fingerprint density at radius 1 is 1.08 bits per heavy atom. The Morgan fingerprint density at radius 3 is 2.36 bits per heavy atom. The zero-order chi connectivity index (χ0) is 18.8. The third-order valence-corrected chi connectivity index (χ3v) is 4.60. The molecule has 0 saturated heterocycles. The van der Waals surface area contributed by atoms with Gasteiger partial charge in [0.25, 0.3) is 5.91 Å². The standard InChI is InChI=1S/C18H21N3O3S/c1-10-8-13(21-17(24)18(2,3)4)25-14(10)16(23)20-12-7-5-6-11(9-12)15(19)22/h5-9H,1-4H3,(H2,19,22)(H,20,23)(H,21,24). The van der Waals surface area contributed by atoms with Crippen molar-refractivity contribution in [2.75, 3.05) is 10.6 Å². The number of aryl methyl sites for hydroxylation is 1. The van der Waals surface area contributed by atoms with Gasteiger partial charge in [-0.3, -0.25) is 14.4 Å². The predicted molar refractivity (Wildman–Crippen MR) is 100 cm³/mol. The average Bonchev–Trinajstić information content (AvgIpc) is 2.87. The summed E-state index contributed by atoms with van der Waals surface area (Å²) in [6, 6.07) is 8.19. The van der Waals surface area contributed by atoms with Gasteiger partial charge in [-0.15, -0.1) is 11.3 Å². The highest BCUT2D eigenvalue weighted by molar-refractivity contribution is 7.18. The molecular weight excluding hydrogens is 338 g/mol. The fourth-order valence-corrected chi connectivity index (χ4v) is 2.97. The van der Waals surface area contributed by atoms with Gasteiger partial charge in [-0.1, -0.05) is 26.8 Å². The number of benzene rings is 1. The van der Waals surface area contributed by atoms with Crippen molar-refractivity contribution in [3.63, 3.8) is 0 Å². The zero-order valence-corrected chi connectivity index (χ0v) is 15.4. The summed E-state index contributed by atoms with van der Waals surface area (Å²) in [6.45, 7) is 7.27. The lowest BCUT2D eigenvalue weighted by atomic mass is 9.96. The monoisotopic (exact) mass is 359 g/mol. The molecule has 132 valence electrons. The minimum absolute atomic E-state index is 0.116. The number of carbonyl (C=O) groups excluding carboxylic acids is 3. The van der Waals surface area contributed by atoms with Crippen LogP contribution in [0.1, 0.15) is 46.4 Å². The summed E-state index contributed by atoms with van der Waals surface area (Å²) in [5, 5.41) is 6.19. The van der Waals surface area contributed by atoms with E-state index >= 15 is 0 Å². The molecular formula is C18H21N3O3S. The van der Waals surface area contributed by atoms with Crippen LogP contribution in [-0.2, 0) is 4.79 Å². The first-order valence-corrected chi connectivity index (χ1v) is 8.52.